The highest BCUT2D eigenvalue weighted by atomic mass is 19.1. The van der Waals surface area contributed by atoms with E-state index in [1.54, 1.807) is 12.3 Å². The van der Waals surface area contributed by atoms with Crippen LogP contribution in [0.5, 0.6) is 0 Å². The van der Waals surface area contributed by atoms with Crippen molar-refractivity contribution in [1.29, 1.82) is 0 Å². The van der Waals surface area contributed by atoms with Crippen LogP contribution in [0.1, 0.15) is 12.5 Å². The highest BCUT2D eigenvalue weighted by Crippen LogP contribution is 2.33. The summed E-state index contributed by atoms with van der Waals surface area (Å²) in [7, 11) is 0. The van der Waals surface area contributed by atoms with Crippen molar-refractivity contribution in [2.75, 3.05) is 13.1 Å². The van der Waals surface area contributed by atoms with Crippen molar-refractivity contribution in [3.8, 4) is 0 Å². The van der Waals surface area contributed by atoms with Crippen LogP contribution in [0.4, 0.5) is 4.39 Å². The molecule has 3 rings (SSSR count). The quantitative estimate of drug-likeness (QED) is 0.815. The standard InChI is InChI=1S/C14H14FNO/c1-9-8-16-6-4-11(9)13-12(15)3-2-10-5-7-17-14(10)13/h2-5,7,9,16H,6,8H2,1H3. The molecule has 0 saturated heterocycles. The van der Waals surface area contributed by atoms with Crippen molar-refractivity contribution in [1.82, 2.24) is 5.32 Å². The Morgan fingerprint density at radius 3 is 3.06 bits per heavy atom. The number of nitrogens with one attached hydrogen (secondary N) is 1. The molecule has 2 aromatic rings. The lowest BCUT2D eigenvalue weighted by atomic mass is 9.90. The van der Waals surface area contributed by atoms with E-state index in [0.29, 0.717) is 17.1 Å². The van der Waals surface area contributed by atoms with Gasteiger partial charge in [-0.2, -0.15) is 0 Å². The summed E-state index contributed by atoms with van der Waals surface area (Å²) in [6.07, 6.45) is 3.66. The minimum atomic E-state index is -0.201. The van der Waals surface area contributed by atoms with E-state index < -0.39 is 0 Å². The fourth-order valence-corrected chi connectivity index (χ4v) is 2.42. The summed E-state index contributed by atoms with van der Waals surface area (Å²) in [4.78, 5) is 0. The first-order chi connectivity index (χ1) is 8.27. The molecule has 0 spiro atoms. The normalized spacial score (nSPS) is 20.6. The van der Waals surface area contributed by atoms with Crippen LogP contribution in [-0.4, -0.2) is 13.1 Å². The molecule has 0 aliphatic carbocycles. The Morgan fingerprint density at radius 1 is 1.35 bits per heavy atom. The molecule has 3 heteroatoms. The van der Waals surface area contributed by atoms with Crippen molar-refractivity contribution in [3.05, 3.63) is 41.9 Å². The maximum absolute atomic E-state index is 14.0. The van der Waals surface area contributed by atoms with Crippen LogP contribution in [0.3, 0.4) is 0 Å². The van der Waals surface area contributed by atoms with Gasteiger partial charge < -0.3 is 9.73 Å². The SMILES string of the molecule is CC1CNCC=C1c1c(F)ccc2ccoc12. The summed E-state index contributed by atoms with van der Waals surface area (Å²) in [5.41, 5.74) is 2.33. The van der Waals surface area contributed by atoms with Gasteiger partial charge in [-0.3, -0.25) is 0 Å². The number of rotatable bonds is 1. The Balaban J connectivity index is 2.25. The molecule has 0 saturated carbocycles. The first-order valence-electron chi connectivity index (χ1n) is 5.84. The molecule has 2 heterocycles. The lowest BCUT2D eigenvalue weighted by molar-refractivity contribution is 0.579. The molecule has 1 aromatic carbocycles. The van der Waals surface area contributed by atoms with Crippen LogP contribution in [0.25, 0.3) is 16.5 Å². The van der Waals surface area contributed by atoms with E-state index in [1.807, 2.05) is 6.07 Å². The highest BCUT2D eigenvalue weighted by Gasteiger charge is 2.21. The molecule has 1 aliphatic heterocycles. The van der Waals surface area contributed by atoms with Gasteiger partial charge in [-0.1, -0.05) is 13.0 Å². The number of benzene rings is 1. The Kier molecular flexibility index (Phi) is 2.48. The van der Waals surface area contributed by atoms with Gasteiger partial charge in [0.2, 0.25) is 0 Å². The molecule has 2 nitrogen and oxygen atoms in total. The topological polar surface area (TPSA) is 25.2 Å². The van der Waals surface area contributed by atoms with E-state index in [-0.39, 0.29) is 5.82 Å². The molecule has 1 aliphatic rings. The van der Waals surface area contributed by atoms with Gasteiger partial charge in [0.25, 0.3) is 0 Å². The largest absolute Gasteiger partial charge is 0.464 e. The van der Waals surface area contributed by atoms with Gasteiger partial charge in [0, 0.05) is 18.5 Å². The molecule has 0 fully saturated rings. The fraction of sp³-hybridized carbons (Fsp3) is 0.286. The molecule has 88 valence electrons. The van der Waals surface area contributed by atoms with Gasteiger partial charge in [0.1, 0.15) is 11.4 Å². The molecular formula is C14H14FNO. The van der Waals surface area contributed by atoms with E-state index in [0.717, 1.165) is 24.0 Å². The molecule has 0 amide bonds. The highest BCUT2D eigenvalue weighted by molar-refractivity contribution is 5.90. The lowest BCUT2D eigenvalue weighted by Gasteiger charge is -2.22. The van der Waals surface area contributed by atoms with Gasteiger partial charge in [0.15, 0.2) is 0 Å². The Morgan fingerprint density at radius 2 is 2.24 bits per heavy atom. The van der Waals surface area contributed by atoms with Crippen molar-refractivity contribution in [3.63, 3.8) is 0 Å². The van der Waals surface area contributed by atoms with Gasteiger partial charge in [-0.15, -0.1) is 0 Å². The molecule has 1 atom stereocenters. The summed E-state index contributed by atoms with van der Waals surface area (Å²) in [5, 5.41) is 4.22. The molecule has 1 unspecified atom stereocenters. The minimum absolute atomic E-state index is 0.201. The Labute approximate surface area is 99.1 Å². The van der Waals surface area contributed by atoms with Crippen molar-refractivity contribution in [2.45, 2.75) is 6.92 Å². The van der Waals surface area contributed by atoms with Gasteiger partial charge in [0.05, 0.1) is 11.8 Å². The van der Waals surface area contributed by atoms with Crippen LogP contribution < -0.4 is 5.32 Å². The molecular weight excluding hydrogens is 217 g/mol. The van der Waals surface area contributed by atoms with E-state index in [1.165, 1.54) is 6.07 Å². The summed E-state index contributed by atoms with van der Waals surface area (Å²) in [6.45, 7) is 3.76. The summed E-state index contributed by atoms with van der Waals surface area (Å²) in [5.74, 6) is 0.0985. The Hall–Kier alpha value is -1.61. The fourth-order valence-electron chi connectivity index (χ4n) is 2.42. The first-order valence-corrected chi connectivity index (χ1v) is 5.84. The van der Waals surface area contributed by atoms with E-state index in [9.17, 15) is 4.39 Å². The average Bonchev–Trinajstić information content (AvgIpc) is 2.79. The van der Waals surface area contributed by atoms with Crippen LogP contribution in [0.15, 0.2) is 35.0 Å². The average molecular weight is 231 g/mol. The molecule has 1 aromatic heterocycles. The summed E-state index contributed by atoms with van der Waals surface area (Å²) >= 11 is 0. The zero-order chi connectivity index (χ0) is 11.8. The maximum atomic E-state index is 14.0. The molecule has 1 N–H and O–H groups in total. The number of halogens is 1. The predicted octanol–water partition coefficient (Wildman–Crippen LogP) is 3.19. The first kappa shape index (κ1) is 10.5. The summed E-state index contributed by atoms with van der Waals surface area (Å²) in [6, 6.07) is 5.14. The molecule has 0 radical (unpaired) electrons. The van der Waals surface area contributed by atoms with Crippen LogP contribution in [0.2, 0.25) is 0 Å². The molecule has 0 bridgehead atoms. The van der Waals surface area contributed by atoms with E-state index in [4.69, 9.17) is 4.42 Å². The van der Waals surface area contributed by atoms with Gasteiger partial charge >= 0.3 is 0 Å². The number of furan rings is 1. The molecule has 17 heavy (non-hydrogen) atoms. The van der Waals surface area contributed by atoms with E-state index in [2.05, 4.69) is 18.3 Å². The zero-order valence-electron chi connectivity index (χ0n) is 9.66. The van der Waals surface area contributed by atoms with Crippen LogP contribution >= 0.6 is 0 Å². The number of hydrogen-bond donors (Lipinski definition) is 1. The summed E-state index contributed by atoms with van der Waals surface area (Å²) < 4.78 is 19.5. The maximum Gasteiger partial charge on any atom is 0.144 e. The number of hydrogen-bond acceptors (Lipinski definition) is 2. The third-order valence-corrected chi connectivity index (χ3v) is 3.31. The van der Waals surface area contributed by atoms with Crippen molar-refractivity contribution < 1.29 is 8.81 Å². The van der Waals surface area contributed by atoms with Crippen LogP contribution in [-0.2, 0) is 0 Å². The second kappa shape index (κ2) is 4.00. The third-order valence-electron chi connectivity index (χ3n) is 3.31. The van der Waals surface area contributed by atoms with E-state index >= 15 is 0 Å². The van der Waals surface area contributed by atoms with Crippen LogP contribution in [0, 0.1) is 11.7 Å². The second-order valence-corrected chi connectivity index (χ2v) is 4.48. The lowest BCUT2D eigenvalue weighted by Crippen LogP contribution is -2.27. The number of fused-ring (bicyclic) bond motifs is 1. The Bertz CT molecular complexity index is 585. The van der Waals surface area contributed by atoms with Gasteiger partial charge in [-0.05, 0) is 29.7 Å². The minimum Gasteiger partial charge on any atom is -0.464 e. The second-order valence-electron chi connectivity index (χ2n) is 4.48. The van der Waals surface area contributed by atoms with Crippen molar-refractivity contribution in [2.24, 2.45) is 5.92 Å². The smallest absolute Gasteiger partial charge is 0.144 e. The zero-order valence-corrected chi connectivity index (χ0v) is 9.66. The van der Waals surface area contributed by atoms with Crippen molar-refractivity contribution >= 4 is 16.5 Å². The predicted molar refractivity (Wildman–Crippen MR) is 66.2 cm³/mol. The van der Waals surface area contributed by atoms with Gasteiger partial charge in [-0.25, -0.2) is 4.39 Å². The third kappa shape index (κ3) is 1.67. The monoisotopic (exact) mass is 231 g/mol.